The van der Waals surface area contributed by atoms with E-state index in [1.54, 1.807) is 13.8 Å². The number of primary amides is 1. The van der Waals surface area contributed by atoms with Crippen LogP contribution in [0.5, 0.6) is 0 Å². The highest BCUT2D eigenvalue weighted by molar-refractivity contribution is 7.89. The maximum Gasteiger partial charge on any atom is 0.265 e. The maximum atomic E-state index is 12.9. The van der Waals surface area contributed by atoms with Gasteiger partial charge in [0.25, 0.3) is 6.43 Å². The zero-order valence-electron chi connectivity index (χ0n) is 11.9. The summed E-state index contributed by atoms with van der Waals surface area (Å²) in [4.78, 5) is 11.0. The van der Waals surface area contributed by atoms with Gasteiger partial charge < -0.3 is 5.73 Å². The fourth-order valence-electron chi connectivity index (χ4n) is 1.69. The Kier molecular flexibility index (Phi) is 5.06. The van der Waals surface area contributed by atoms with Crippen molar-refractivity contribution in [3.05, 3.63) is 29.8 Å². The number of nitrogens with one attached hydrogen (secondary N) is 1. The molecular weight excluding hydrogens is 302 g/mol. The first kappa shape index (κ1) is 17.5. The molecule has 0 aromatic heterocycles. The van der Waals surface area contributed by atoms with Crippen molar-refractivity contribution in [3.63, 3.8) is 0 Å². The summed E-state index contributed by atoms with van der Waals surface area (Å²) >= 11 is 0. The summed E-state index contributed by atoms with van der Waals surface area (Å²) < 4.78 is 52.7. The molecule has 1 aromatic rings. The lowest BCUT2D eigenvalue weighted by Crippen LogP contribution is -2.58. The molecule has 1 amide bonds. The molecule has 0 aliphatic carbocycles. The van der Waals surface area contributed by atoms with Crippen molar-refractivity contribution in [3.8, 4) is 0 Å². The van der Waals surface area contributed by atoms with E-state index >= 15 is 0 Å². The van der Waals surface area contributed by atoms with Crippen molar-refractivity contribution >= 4 is 15.9 Å². The number of sulfonamides is 1. The third-order valence-corrected chi connectivity index (χ3v) is 5.10. The molecule has 1 rings (SSSR count). The van der Waals surface area contributed by atoms with Gasteiger partial charge in [-0.1, -0.05) is 32.0 Å². The zero-order valence-corrected chi connectivity index (χ0v) is 12.7. The van der Waals surface area contributed by atoms with Gasteiger partial charge in [0.05, 0.1) is 4.90 Å². The number of carbonyl (C=O) groups excluding carboxylic acids is 1. The van der Waals surface area contributed by atoms with Crippen molar-refractivity contribution < 1.29 is 22.0 Å². The molecule has 0 spiro atoms. The monoisotopic (exact) mass is 320 g/mol. The maximum absolute atomic E-state index is 12.9. The minimum Gasteiger partial charge on any atom is -0.368 e. The number of rotatable bonds is 6. The molecule has 0 heterocycles. The fourth-order valence-corrected chi connectivity index (χ4v) is 3.42. The summed E-state index contributed by atoms with van der Waals surface area (Å²) in [5.41, 5.74) is 3.04. The van der Waals surface area contributed by atoms with Crippen LogP contribution in [-0.4, -0.2) is 19.9 Å². The normalized spacial score (nSPS) is 15.2. The van der Waals surface area contributed by atoms with Gasteiger partial charge in [-0.2, -0.15) is 4.72 Å². The Labute approximate surface area is 122 Å². The molecule has 0 radical (unpaired) electrons. The summed E-state index contributed by atoms with van der Waals surface area (Å²) in [5.74, 6) is -1.33. The Bertz CT molecular complexity index is 632. The number of benzene rings is 1. The molecule has 0 bridgehead atoms. The summed E-state index contributed by atoms with van der Waals surface area (Å²) in [5, 5.41) is 0. The van der Waals surface area contributed by atoms with Crippen LogP contribution in [0.15, 0.2) is 29.2 Å². The lowest BCUT2D eigenvalue weighted by atomic mass is 9.89. The third-order valence-electron chi connectivity index (χ3n) is 3.46. The van der Waals surface area contributed by atoms with Crippen LogP contribution in [0.2, 0.25) is 0 Å². The predicted octanol–water partition coefficient (Wildman–Crippen LogP) is 1.80. The van der Waals surface area contributed by atoms with Crippen LogP contribution in [0, 0.1) is 5.92 Å². The number of amides is 1. The van der Waals surface area contributed by atoms with Crippen LogP contribution >= 0.6 is 0 Å². The molecular formula is C13H18F2N2O3S. The number of hydrogen-bond donors (Lipinski definition) is 2. The van der Waals surface area contributed by atoms with E-state index in [2.05, 4.69) is 4.72 Å². The lowest BCUT2D eigenvalue weighted by molar-refractivity contribution is -0.124. The topological polar surface area (TPSA) is 89.3 Å². The Balaban J connectivity index is 3.34. The number of carbonyl (C=O) groups is 1. The Hall–Kier alpha value is -1.54. The average molecular weight is 320 g/mol. The summed E-state index contributed by atoms with van der Waals surface area (Å²) in [6, 6.07) is 4.73. The molecule has 8 heteroatoms. The summed E-state index contributed by atoms with van der Waals surface area (Å²) in [6.45, 7) is 4.53. The van der Waals surface area contributed by atoms with Gasteiger partial charge >= 0.3 is 0 Å². The first-order valence-electron chi connectivity index (χ1n) is 6.23. The van der Waals surface area contributed by atoms with E-state index in [-0.39, 0.29) is 0 Å². The molecule has 0 aliphatic heterocycles. The fraction of sp³-hybridized carbons (Fsp3) is 0.462. The molecule has 0 saturated carbocycles. The van der Waals surface area contributed by atoms with E-state index in [9.17, 15) is 22.0 Å². The molecule has 5 nitrogen and oxygen atoms in total. The van der Waals surface area contributed by atoms with E-state index in [4.69, 9.17) is 5.73 Å². The predicted molar refractivity (Wildman–Crippen MR) is 74.2 cm³/mol. The second-order valence-corrected chi connectivity index (χ2v) is 6.82. The molecule has 0 aliphatic rings. The van der Waals surface area contributed by atoms with Crippen molar-refractivity contribution in [2.24, 2.45) is 11.7 Å². The highest BCUT2D eigenvalue weighted by Crippen LogP contribution is 2.28. The molecule has 118 valence electrons. The molecule has 1 aromatic carbocycles. The first-order valence-corrected chi connectivity index (χ1v) is 7.71. The lowest BCUT2D eigenvalue weighted by Gasteiger charge is -2.31. The molecule has 0 saturated heterocycles. The quantitative estimate of drug-likeness (QED) is 0.837. The van der Waals surface area contributed by atoms with Crippen molar-refractivity contribution in [1.82, 2.24) is 4.72 Å². The number of nitrogens with two attached hydrogens (primary N) is 1. The molecule has 21 heavy (non-hydrogen) atoms. The third kappa shape index (κ3) is 3.56. The van der Waals surface area contributed by atoms with Crippen LogP contribution in [0.1, 0.15) is 32.8 Å². The van der Waals surface area contributed by atoms with Gasteiger partial charge in [0.2, 0.25) is 15.9 Å². The minimum absolute atomic E-state index is 0.455. The van der Waals surface area contributed by atoms with Crippen LogP contribution in [-0.2, 0) is 14.8 Å². The molecule has 1 atom stereocenters. The Morgan fingerprint density at radius 1 is 1.29 bits per heavy atom. The van der Waals surface area contributed by atoms with Crippen LogP contribution < -0.4 is 10.5 Å². The van der Waals surface area contributed by atoms with Crippen LogP contribution in [0.3, 0.4) is 0 Å². The van der Waals surface area contributed by atoms with Gasteiger partial charge in [-0.25, -0.2) is 17.2 Å². The highest BCUT2D eigenvalue weighted by atomic mass is 32.2. The zero-order chi connectivity index (χ0) is 16.4. The minimum atomic E-state index is -4.31. The molecule has 1 unspecified atom stereocenters. The van der Waals surface area contributed by atoms with Crippen LogP contribution in [0.4, 0.5) is 8.78 Å². The van der Waals surface area contributed by atoms with E-state index in [1.807, 2.05) is 0 Å². The summed E-state index contributed by atoms with van der Waals surface area (Å²) in [7, 11) is -4.31. The smallest absolute Gasteiger partial charge is 0.265 e. The SMILES string of the molecule is CC(C)C(C)(NS(=O)(=O)c1ccccc1C(F)F)C(N)=O. The average Bonchev–Trinajstić information content (AvgIpc) is 2.37. The number of alkyl halides is 2. The standard InChI is InChI=1S/C13H18F2N2O3S/c1-8(2)13(3,12(16)18)17-21(19,20)10-7-5-4-6-9(10)11(14)15/h4-8,11,17H,1-3H3,(H2,16,18). The number of hydrogen-bond acceptors (Lipinski definition) is 3. The van der Waals surface area contributed by atoms with Gasteiger partial charge in [-0.05, 0) is 18.9 Å². The van der Waals surface area contributed by atoms with Gasteiger partial charge in [0, 0.05) is 5.56 Å². The molecule has 3 N–H and O–H groups in total. The van der Waals surface area contributed by atoms with E-state index in [0.29, 0.717) is 0 Å². The van der Waals surface area contributed by atoms with Gasteiger partial charge in [-0.3, -0.25) is 4.79 Å². The second kappa shape index (κ2) is 6.07. The van der Waals surface area contributed by atoms with Gasteiger partial charge in [-0.15, -0.1) is 0 Å². The van der Waals surface area contributed by atoms with E-state index < -0.39 is 44.3 Å². The van der Waals surface area contributed by atoms with Crippen molar-refractivity contribution in [2.75, 3.05) is 0 Å². The van der Waals surface area contributed by atoms with Crippen molar-refractivity contribution in [1.29, 1.82) is 0 Å². The molecule has 0 fully saturated rings. The highest BCUT2D eigenvalue weighted by Gasteiger charge is 2.40. The van der Waals surface area contributed by atoms with E-state index in [1.165, 1.54) is 19.1 Å². The number of halogens is 2. The Morgan fingerprint density at radius 2 is 1.81 bits per heavy atom. The first-order chi connectivity index (χ1) is 9.52. The van der Waals surface area contributed by atoms with Gasteiger partial charge in [0.1, 0.15) is 5.54 Å². The summed E-state index contributed by atoms with van der Waals surface area (Å²) in [6.07, 6.45) is -2.95. The van der Waals surface area contributed by atoms with Crippen molar-refractivity contribution in [2.45, 2.75) is 37.6 Å². The van der Waals surface area contributed by atoms with Gasteiger partial charge in [0.15, 0.2) is 0 Å². The Morgan fingerprint density at radius 3 is 2.24 bits per heavy atom. The second-order valence-electron chi connectivity index (χ2n) is 5.17. The van der Waals surface area contributed by atoms with Crippen LogP contribution in [0.25, 0.3) is 0 Å². The van der Waals surface area contributed by atoms with E-state index in [0.717, 1.165) is 12.1 Å². The largest absolute Gasteiger partial charge is 0.368 e.